The standard InChI is InChI=1S/C19H29N3O/c1-14(2)16-8-7-9-17(12-16)19(4,5)20-18(23)22-11-10-21(6)15(3)13-22/h7-9,12,15H,1,10-11,13H2,2-6H3,(H,20,23). The van der Waals surface area contributed by atoms with Crippen LogP contribution in [0.5, 0.6) is 0 Å². The Hall–Kier alpha value is -1.81. The molecular weight excluding hydrogens is 286 g/mol. The van der Waals surface area contributed by atoms with E-state index in [2.05, 4.69) is 42.9 Å². The van der Waals surface area contributed by atoms with Crippen LogP contribution >= 0.6 is 0 Å². The van der Waals surface area contributed by atoms with Gasteiger partial charge in [0.1, 0.15) is 0 Å². The van der Waals surface area contributed by atoms with E-state index in [9.17, 15) is 4.79 Å². The molecule has 0 bridgehead atoms. The van der Waals surface area contributed by atoms with Crippen LogP contribution in [0.15, 0.2) is 30.8 Å². The van der Waals surface area contributed by atoms with Gasteiger partial charge in [0.05, 0.1) is 5.54 Å². The molecular formula is C19H29N3O. The van der Waals surface area contributed by atoms with Gasteiger partial charge >= 0.3 is 6.03 Å². The molecule has 1 aliphatic rings. The molecule has 1 aliphatic heterocycles. The SMILES string of the molecule is C=C(C)c1cccc(C(C)(C)NC(=O)N2CCN(C)C(C)C2)c1. The molecule has 0 aromatic heterocycles. The van der Waals surface area contributed by atoms with Gasteiger partial charge in [-0.25, -0.2) is 4.79 Å². The second kappa shape index (κ2) is 6.75. The second-order valence-corrected chi connectivity index (χ2v) is 7.19. The maximum Gasteiger partial charge on any atom is 0.318 e. The van der Waals surface area contributed by atoms with Gasteiger partial charge in [-0.15, -0.1) is 0 Å². The number of carbonyl (C=O) groups excluding carboxylic acids is 1. The third kappa shape index (κ3) is 4.14. The lowest BCUT2D eigenvalue weighted by atomic mass is 9.92. The molecule has 2 rings (SSSR count). The number of hydrogen-bond donors (Lipinski definition) is 1. The highest BCUT2D eigenvalue weighted by molar-refractivity contribution is 5.75. The van der Waals surface area contributed by atoms with Crippen molar-refractivity contribution in [2.75, 3.05) is 26.7 Å². The Morgan fingerprint density at radius 1 is 1.35 bits per heavy atom. The molecule has 4 nitrogen and oxygen atoms in total. The first kappa shape index (κ1) is 17.5. The monoisotopic (exact) mass is 315 g/mol. The molecule has 0 aliphatic carbocycles. The molecule has 1 aromatic rings. The summed E-state index contributed by atoms with van der Waals surface area (Å²) in [5.41, 5.74) is 2.81. The Bertz CT molecular complexity index is 594. The fourth-order valence-corrected chi connectivity index (χ4v) is 2.82. The molecule has 1 unspecified atom stereocenters. The van der Waals surface area contributed by atoms with Crippen LogP contribution in [0.2, 0.25) is 0 Å². The van der Waals surface area contributed by atoms with Crippen molar-refractivity contribution >= 4 is 11.6 Å². The first-order valence-corrected chi connectivity index (χ1v) is 8.24. The van der Waals surface area contributed by atoms with Crippen LogP contribution in [0.3, 0.4) is 0 Å². The zero-order valence-electron chi connectivity index (χ0n) is 15.0. The van der Waals surface area contributed by atoms with E-state index in [-0.39, 0.29) is 6.03 Å². The number of allylic oxidation sites excluding steroid dienone is 1. The van der Waals surface area contributed by atoms with Crippen LogP contribution in [0, 0.1) is 0 Å². The van der Waals surface area contributed by atoms with Gasteiger partial charge in [-0.05, 0) is 51.9 Å². The van der Waals surface area contributed by atoms with Crippen LogP contribution in [-0.2, 0) is 5.54 Å². The van der Waals surface area contributed by atoms with E-state index in [0.29, 0.717) is 6.04 Å². The molecule has 1 fully saturated rings. The zero-order valence-corrected chi connectivity index (χ0v) is 15.0. The lowest BCUT2D eigenvalue weighted by molar-refractivity contribution is 0.113. The van der Waals surface area contributed by atoms with Crippen molar-refractivity contribution in [1.29, 1.82) is 0 Å². The lowest BCUT2D eigenvalue weighted by Gasteiger charge is -2.39. The Balaban J connectivity index is 2.10. The molecule has 1 heterocycles. The van der Waals surface area contributed by atoms with E-state index >= 15 is 0 Å². The number of benzene rings is 1. The molecule has 1 aromatic carbocycles. The predicted molar refractivity (Wildman–Crippen MR) is 96.4 cm³/mol. The van der Waals surface area contributed by atoms with Gasteiger partial charge in [0.2, 0.25) is 0 Å². The Morgan fingerprint density at radius 3 is 2.65 bits per heavy atom. The smallest absolute Gasteiger partial charge is 0.318 e. The van der Waals surface area contributed by atoms with Gasteiger partial charge in [0, 0.05) is 25.7 Å². The highest BCUT2D eigenvalue weighted by atomic mass is 16.2. The quantitative estimate of drug-likeness (QED) is 0.929. The molecule has 23 heavy (non-hydrogen) atoms. The summed E-state index contributed by atoms with van der Waals surface area (Å²) in [6.07, 6.45) is 0. The summed E-state index contributed by atoms with van der Waals surface area (Å²) >= 11 is 0. The van der Waals surface area contributed by atoms with Gasteiger partial charge in [-0.2, -0.15) is 0 Å². The van der Waals surface area contributed by atoms with E-state index in [1.165, 1.54) is 0 Å². The van der Waals surface area contributed by atoms with Crippen molar-refractivity contribution in [1.82, 2.24) is 15.1 Å². The minimum absolute atomic E-state index is 0.00989. The number of carbonyl (C=O) groups is 1. The third-order valence-corrected chi connectivity index (χ3v) is 4.74. The normalized spacial score (nSPS) is 19.5. The average Bonchev–Trinajstić information content (AvgIpc) is 2.49. The van der Waals surface area contributed by atoms with Crippen LogP contribution in [-0.4, -0.2) is 48.6 Å². The fourth-order valence-electron chi connectivity index (χ4n) is 2.82. The van der Waals surface area contributed by atoms with Crippen LogP contribution < -0.4 is 5.32 Å². The van der Waals surface area contributed by atoms with Gasteiger partial charge in [0.25, 0.3) is 0 Å². The van der Waals surface area contributed by atoms with E-state index in [0.717, 1.165) is 36.3 Å². The first-order valence-electron chi connectivity index (χ1n) is 8.24. The molecule has 1 atom stereocenters. The van der Waals surface area contributed by atoms with Gasteiger partial charge in [-0.1, -0.05) is 30.4 Å². The highest BCUT2D eigenvalue weighted by Gasteiger charge is 2.29. The minimum atomic E-state index is -0.421. The van der Waals surface area contributed by atoms with E-state index < -0.39 is 5.54 Å². The number of nitrogens with one attached hydrogen (secondary N) is 1. The van der Waals surface area contributed by atoms with E-state index in [1.807, 2.05) is 37.8 Å². The molecule has 0 saturated carbocycles. The second-order valence-electron chi connectivity index (χ2n) is 7.19. The summed E-state index contributed by atoms with van der Waals surface area (Å²) in [5.74, 6) is 0. The summed E-state index contributed by atoms with van der Waals surface area (Å²) in [5, 5.41) is 3.18. The van der Waals surface area contributed by atoms with Gasteiger partial charge in [0.15, 0.2) is 0 Å². The van der Waals surface area contributed by atoms with Crippen molar-refractivity contribution in [3.05, 3.63) is 42.0 Å². The fraction of sp³-hybridized carbons (Fsp3) is 0.526. The number of amides is 2. The number of hydrogen-bond acceptors (Lipinski definition) is 2. The van der Waals surface area contributed by atoms with Crippen molar-refractivity contribution < 1.29 is 4.79 Å². The molecule has 2 amide bonds. The number of rotatable bonds is 3. The first-order chi connectivity index (χ1) is 10.7. The van der Waals surface area contributed by atoms with Crippen molar-refractivity contribution in [3.8, 4) is 0 Å². The highest BCUT2D eigenvalue weighted by Crippen LogP contribution is 2.24. The summed E-state index contributed by atoms with van der Waals surface area (Å²) < 4.78 is 0. The van der Waals surface area contributed by atoms with Crippen LogP contribution in [0.4, 0.5) is 4.79 Å². The Kier molecular flexibility index (Phi) is 5.15. The van der Waals surface area contributed by atoms with Crippen LogP contribution in [0.25, 0.3) is 5.57 Å². The zero-order chi connectivity index (χ0) is 17.2. The Labute approximate surface area is 140 Å². The largest absolute Gasteiger partial charge is 0.329 e. The molecule has 126 valence electrons. The van der Waals surface area contributed by atoms with Gasteiger partial charge < -0.3 is 15.1 Å². The molecule has 0 spiro atoms. The number of urea groups is 1. The van der Waals surface area contributed by atoms with E-state index in [1.54, 1.807) is 0 Å². The number of likely N-dealkylation sites (N-methyl/N-ethyl adjacent to an activating group) is 1. The predicted octanol–water partition coefficient (Wildman–Crippen LogP) is 3.30. The summed E-state index contributed by atoms with van der Waals surface area (Å²) in [7, 11) is 2.10. The third-order valence-electron chi connectivity index (χ3n) is 4.74. The van der Waals surface area contributed by atoms with Crippen molar-refractivity contribution in [2.45, 2.75) is 39.3 Å². The number of nitrogens with zero attached hydrogens (tertiary/aromatic N) is 2. The topological polar surface area (TPSA) is 35.6 Å². The maximum atomic E-state index is 12.6. The lowest BCUT2D eigenvalue weighted by Crippen LogP contribution is -2.57. The molecule has 1 N–H and O–H groups in total. The van der Waals surface area contributed by atoms with Crippen molar-refractivity contribution in [3.63, 3.8) is 0 Å². The average molecular weight is 315 g/mol. The van der Waals surface area contributed by atoms with E-state index in [4.69, 9.17) is 0 Å². The maximum absolute atomic E-state index is 12.6. The summed E-state index contributed by atoms with van der Waals surface area (Å²) in [4.78, 5) is 16.8. The van der Waals surface area contributed by atoms with Crippen LogP contribution in [0.1, 0.15) is 38.8 Å². The summed E-state index contributed by atoms with van der Waals surface area (Å²) in [6, 6.07) is 8.63. The summed E-state index contributed by atoms with van der Waals surface area (Å²) in [6.45, 7) is 14.7. The molecule has 0 radical (unpaired) electrons. The van der Waals surface area contributed by atoms with Gasteiger partial charge in [-0.3, -0.25) is 0 Å². The molecule has 1 saturated heterocycles. The molecule has 4 heteroatoms. The number of piperazine rings is 1. The Morgan fingerprint density at radius 2 is 2.04 bits per heavy atom. The minimum Gasteiger partial charge on any atom is -0.329 e. The van der Waals surface area contributed by atoms with Crippen molar-refractivity contribution in [2.24, 2.45) is 0 Å².